The van der Waals surface area contributed by atoms with Gasteiger partial charge in [0, 0.05) is 12.3 Å². The van der Waals surface area contributed by atoms with Gasteiger partial charge in [0.05, 0.1) is 6.42 Å². The number of carboxylic acids is 1. The molecular weight excluding hydrogens is 270 g/mol. The van der Waals surface area contributed by atoms with Crippen LogP contribution < -0.4 is 5.32 Å². The number of benzene rings is 1. The summed E-state index contributed by atoms with van der Waals surface area (Å²) >= 11 is 0. The van der Waals surface area contributed by atoms with Crippen LogP contribution in [0, 0.1) is 13.8 Å². The van der Waals surface area contributed by atoms with E-state index in [0.29, 0.717) is 5.82 Å². The third kappa shape index (κ3) is 4.17. The summed E-state index contributed by atoms with van der Waals surface area (Å²) in [6, 6.07) is 7.55. The van der Waals surface area contributed by atoms with Crippen molar-refractivity contribution in [3.05, 3.63) is 47.2 Å². The van der Waals surface area contributed by atoms with Gasteiger partial charge in [-0.1, -0.05) is 23.8 Å². The topological polar surface area (TPSA) is 84.2 Å². The highest BCUT2D eigenvalue weighted by atomic mass is 16.4. The van der Waals surface area contributed by atoms with Crippen molar-refractivity contribution in [2.75, 3.05) is 5.32 Å². The minimum absolute atomic E-state index is 0.177. The van der Waals surface area contributed by atoms with Crippen LogP contribution in [-0.2, 0) is 22.6 Å². The van der Waals surface area contributed by atoms with Crippen LogP contribution in [0.5, 0.6) is 0 Å². The fourth-order valence-corrected chi connectivity index (χ4v) is 2.01. The highest BCUT2D eigenvalue weighted by Crippen LogP contribution is 2.12. The van der Waals surface area contributed by atoms with Crippen LogP contribution in [0.1, 0.15) is 16.7 Å². The molecule has 0 saturated heterocycles. The molecule has 110 valence electrons. The molecule has 0 fully saturated rings. The Morgan fingerprint density at radius 1 is 1.29 bits per heavy atom. The number of aryl methyl sites for hydroxylation is 2. The number of nitrogens with zero attached hydrogens (tertiary/aromatic N) is 2. The Labute approximate surface area is 122 Å². The van der Waals surface area contributed by atoms with Gasteiger partial charge in [0.2, 0.25) is 5.91 Å². The monoisotopic (exact) mass is 287 g/mol. The molecule has 0 spiro atoms. The summed E-state index contributed by atoms with van der Waals surface area (Å²) in [5.74, 6) is -0.804. The van der Waals surface area contributed by atoms with Gasteiger partial charge < -0.3 is 10.4 Å². The highest BCUT2D eigenvalue weighted by molar-refractivity contribution is 5.91. The van der Waals surface area contributed by atoms with Gasteiger partial charge in [0.1, 0.15) is 6.54 Å². The van der Waals surface area contributed by atoms with Crippen molar-refractivity contribution in [1.29, 1.82) is 0 Å². The summed E-state index contributed by atoms with van der Waals surface area (Å²) < 4.78 is 1.26. The lowest BCUT2D eigenvalue weighted by atomic mass is 10.0. The molecule has 2 rings (SSSR count). The predicted molar refractivity (Wildman–Crippen MR) is 78.1 cm³/mol. The fourth-order valence-electron chi connectivity index (χ4n) is 2.01. The molecular formula is C15H17N3O3. The highest BCUT2D eigenvalue weighted by Gasteiger charge is 2.09. The summed E-state index contributed by atoms with van der Waals surface area (Å²) in [7, 11) is 0. The maximum atomic E-state index is 12.0. The van der Waals surface area contributed by atoms with E-state index >= 15 is 0 Å². The lowest BCUT2D eigenvalue weighted by molar-refractivity contribution is -0.137. The quantitative estimate of drug-likeness (QED) is 0.877. The number of aliphatic carboxylic acids is 1. The molecule has 1 heterocycles. The maximum absolute atomic E-state index is 12.0. The second kappa shape index (κ2) is 6.21. The second-order valence-corrected chi connectivity index (χ2v) is 4.95. The minimum atomic E-state index is -0.980. The number of anilines is 1. The number of hydrogen-bond acceptors (Lipinski definition) is 3. The van der Waals surface area contributed by atoms with E-state index in [4.69, 9.17) is 5.11 Å². The first kappa shape index (κ1) is 14.8. The molecule has 2 aromatic rings. The molecule has 6 heteroatoms. The molecule has 1 amide bonds. The van der Waals surface area contributed by atoms with E-state index < -0.39 is 5.97 Å². The van der Waals surface area contributed by atoms with Gasteiger partial charge in [0.25, 0.3) is 0 Å². The van der Waals surface area contributed by atoms with Crippen LogP contribution >= 0.6 is 0 Å². The zero-order chi connectivity index (χ0) is 15.4. The summed E-state index contributed by atoms with van der Waals surface area (Å²) in [6.07, 6.45) is 1.78. The van der Waals surface area contributed by atoms with Crippen LogP contribution in [-0.4, -0.2) is 26.8 Å². The molecule has 0 aliphatic heterocycles. The molecule has 1 aromatic carbocycles. The van der Waals surface area contributed by atoms with Gasteiger partial charge in [0.15, 0.2) is 5.82 Å². The fraction of sp³-hybridized carbons (Fsp3) is 0.267. The first-order chi connectivity index (χ1) is 9.94. The zero-order valence-electron chi connectivity index (χ0n) is 12.0. The summed E-state index contributed by atoms with van der Waals surface area (Å²) in [6.45, 7) is 3.71. The Bertz CT molecular complexity index is 677. The zero-order valence-corrected chi connectivity index (χ0v) is 12.0. The summed E-state index contributed by atoms with van der Waals surface area (Å²) in [4.78, 5) is 22.6. The van der Waals surface area contributed by atoms with Crippen LogP contribution in [0.3, 0.4) is 0 Å². The molecule has 21 heavy (non-hydrogen) atoms. The maximum Gasteiger partial charge on any atom is 0.325 e. The Morgan fingerprint density at radius 2 is 2.05 bits per heavy atom. The lowest BCUT2D eigenvalue weighted by Gasteiger charge is -2.07. The standard InChI is InChI=1S/C15H17N3O3/c1-10-3-4-11(2)12(7-10)8-14(19)16-13-5-6-18(17-13)9-15(20)21/h3-7H,8-9H2,1-2H3,(H,20,21)(H,16,17,19). The number of aromatic nitrogens is 2. The average molecular weight is 287 g/mol. The molecule has 1 aromatic heterocycles. The lowest BCUT2D eigenvalue weighted by Crippen LogP contribution is -2.16. The van der Waals surface area contributed by atoms with E-state index in [0.717, 1.165) is 16.7 Å². The molecule has 6 nitrogen and oxygen atoms in total. The smallest absolute Gasteiger partial charge is 0.325 e. The molecule has 0 unspecified atom stereocenters. The summed E-state index contributed by atoms with van der Waals surface area (Å²) in [5, 5.41) is 15.3. The third-order valence-electron chi connectivity index (χ3n) is 3.06. The number of nitrogens with one attached hydrogen (secondary N) is 1. The van der Waals surface area contributed by atoms with Gasteiger partial charge in [-0.25, -0.2) is 0 Å². The molecule has 0 aliphatic carbocycles. The van der Waals surface area contributed by atoms with Crippen molar-refractivity contribution in [1.82, 2.24) is 9.78 Å². The average Bonchev–Trinajstić information content (AvgIpc) is 2.80. The van der Waals surface area contributed by atoms with Crippen LogP contribution in [0.2, 0.25) is 0 Å². The van der Waals surface area contributed by atoms with Crippen LogP contribution in [0.4, 0.5) is 5.82 Å². The Morgan fingerprint density at radius 3 is 2.76 bits per heavy atom. The van der Waals surface area contributed by atoms with Crippen molar-refractivity contribution in [3.63, 3.8) is 0 Å². The molecule has 0 radical (unpaired) electrons. The Hall–Kier alpha value is -2.63. The number of rotatable bonds is 5. The second-order valence-electron chi connectivity index (χ2n) is 4.95. The van der Waals surface area contributed by atoms with Gasteiger partial charge in [-0.05, 0) is 25.0 Å². The Balaban J connectivity index is 2.00. The van der Waals surface area contributed by atoms with Gasteiger partial charge in [-0.3, -0.25) is 14.3 Å². The van der Waals surface area contributed by atoms with Crippen LogP contribution in [0.25, 0.3) is 0 Å². The van der Waals surface area contributed by atoms with E-state index in [1.54, 1.807) is 6.07 Å². The van der Waals surface area contributed by atoms with E-state index in [1.807, 2.05) is 32.0 Å². The van der Waals surface area contributed by atoms with Crippen molar-refractivity contribution >= 4 is 17.7 Å². The molecule has 0 saturated carbocycles. The predicted octanol–water partition coefficient (Wildman–Crippen LogP) is 1.77. The molecule has 0 atom stereocenters. The van der Waals surface area contributed by atoms with Crippen molar-refractivity contribution in [2.45, 2.75) is 26.8 Å². The Kier molecular flexibility index (Phi) is 4.37. The number of hydrogen-bond donors (Lipinski definition) is 2. The molecule has 2 N–H and O–H groups in total. The van der Waals surface area contributed by atoms with Gasteiger partial charge >= 0.3 is 5.97 Å². The SMILES string of the molecule is Cc1ccc(C)c(CC(=O)Nc2ccn(CC(=O)O)n2)c1. The third-order valence-corrected chi connectivity index (χ3v) is 3.06. The number of amides is 1. The van der Waals surface area contributed by atoms with Crippen molar-refractivity contribution in [2.24, 2.45) is 0 Å². The van der Waals surface area contributed by atoms with E-state index in [2.05, 4.69) is 10.4 Å². The molecule has 0 bridgehead atoms. The van der Waals surface area contributed by atoms with Crippen molar-refractivity contribution < 1.29 is 14.7 Å². The van der Waals surface area contributed by atoms with Crippen LogP contribution in [0.15, 0.2) is 30.5 Å². The van der Waals surface area contributed by atoms with E-state index in [1.165, 1.54) is 10.9 Å². The largest absolute Gasteiger partial charge is 0.480 e. The molecule has 0 aliphatic rings. The number of carbonyl (C=O) groups is 2. The van der Waals surface area contributed by atoms with Gasteiger partial charge in [-0.2, -0.15) is 5.10 Å². The summed E-state index contributed by atoms with van der Waals surface area (Å²) in [5.41, 5.74) is 3.14. The number of carbonyl (C=O) groups excluding carboxylic acids is 1. The first-order valence-electron chi connectivity index (χ1n) is 6.55. The van der Waals surface area contributed by atoms with E-state index in [9.17, 15) is 9.59 Å². The minimum Gasteiger partial charge on any atom is -0.480 e. The first-order valence-corrected chi connectivity index (χ1v) is 6.55. The van der Waals surface area contributed by atoms with E-state index in [-0.39, 0.29) is 18.9 Å². The normalized spacial score (nSPS) is 10.4. The van der Waals surface area contributed by atoms with Gasteiger partial charge in [-0.15, -0.1) is 0 Å². The number of carboxylic acid groups (broad SMARTS) is 1. The van der Waals surface area contributed by atoms with Crippen molar-refractivity contribution in [3.8, 4) is 0 Å².